The number of nitrogens with one attached hydrogen (secondary N) is 2. The first-order chi connectivity index (χ1) is 9.22. The Morgan fingerprint density at radius 3 is 2.47 bits per heavy atom. The van der Waals surface area contributed by atoms with Crippen LogP contribution >= 0.6 is 0 Å². The lowest BCUT2D eigenvalue weighted by Crippen LogP contribution is -2.12. The number of anilines is 3. The zero-order valence-electron chi connectivity index (χ0n) is 11.2. The molecule has 0 aliphatic rings. The zero-order valence-corrected chi connectivity index (χ0v) is 11.2. The molecule has 1 unspecified atom stereocenters. The Kier molecular flexibility index (Phi) is 4.18. The van der Waals surface area contributed by atoms with E-state index in [4.69, 9.17) is 5.73 Å². The van der Waals surface area contributed by atoms with Gasteiger partial charge in [0, 0.05) is 13.1 Å². The highest BCUT2D eigenvalue weighted by Crippen LogP contribution is 2.22. The van der Waals surface area contributed by atoms with Gasteiger partial charge in [0.25, 0.3) is 0 Å². The van der Waals surface area contributed by atoms with Gasteiger partial charge in [0.2, 0.25) is 5.95 Å². The molecule has 2 aromatic rings. The molecule has 0 saturated heterocycles. The molecule has 100 valence electrons. The maximum Gasteiger partial charge on any atom is 0.223 e. The fourth-order valence-electron chi connectivity index (χ4n) is 1.95. The predicted molar refractivity (Wildman–Crippen MR) is 79.1 cm³/mol. The lowest BCUT2D eigenvalue weighted by Gasteiger charge is -2.18. The highest BCUT2D eigenvalue weighted by atomic mass is 15.1. The van der Waals surface area contributed by atoms with Crippen molar-refractivity contribution in [3.63, 3.8) is 0 Å². The molecule has 0 saturated carbocycles. The summed E-state index contributed by atoms with van der Waals surface area (Å²) in [7, 11) is 1.81. The molecule has 4 N–H and O–H groups in total. The number of hydrogen-bond donors (Lipinski definition) is 3. The molecule has 0 bridgehead atoms. The largest absolute Gasteiger partial charge is 0.373 e. The third kappa shape index (κ3) is 3.34. The van der Waals surface area contributed by atoms with Crippen molar-refractivity contribution in [3.8, 4) is 0 Å². The van der Waals surface area contributed by atoms with Gasteiger partial charge < -0.3 is 16.4 Å². The smallest absolute Gasteiger partial charge is 0.223 e. The fourth-order valence-corrected chi connectivity index (χ4v) is 1.95. The van der Waals surface area contributed by atoms with Crippen LogP contribution in [0.15, 0.2) is 36.4 Å². The Morgan fingerprint density at radius 2 is 1.84 bits per heavy atom. The van der Waals surface area contributed by atoms with Gasteiger partial charge in [0.1, 0.15) is 11.6 Å². The number of benzene rings is 1. The van der Waals surface area contributed by atoms with Crippen molar-refractivity contribution in [2.45, 2.75) is 19.4 Å². The predicted octanol–water partition coefficient (Wildman–Crippen LogP) is 2.66. The minimum atomic E-state index is 0.209. The second-order valence-electron chi connectivity index (χ2n) is 4.26. The molecular weight excluding hydrogens is 238 g/mol. The van der Waals surface area contributed by atoms with Crippen LogP contribution in [-0.4, -0.2) is 17.0 Å². The van der Waals surface area contributed by atoms with Gasteiger partial charge in [-0.05, 0) is 12.0 Å². The average Bonchev–Trinajstić information content (AvgIpc) is 2.45. The van der Waals surface area contributed by atoms with Gasteiger partial charge in [-0.2, -0.15) is 9.97 Å². The van der Waals surface area contributed by atoms with Crippen LogP contribution in [0.3, 0.4) is 0 Å². The summed E-state index contributed by atoms with van der Waals surface area (Å²) < 4.78 is 0. The van der Waals surface area contributed by atoms with Crippen LogP contribution in [0.25, 0.3) is 0 Å². The van der Waals surface area contributed by atoms with Crippen LogP contribution in [0.5, 0.6) is 0 Å². The lowest BCUT2D eigenvalue weighted by atomic mass is 10.0. The van der Waals surface area contributed by atoms with E-state index in [1.54, 1.807) is 7.05 Å². The van der Waals surface area contributed by atoms with Gasteiger partial charge in [-0.3, -0.25) is 0 Å². The zero-order chi connectivity index (χ0) is 13.7. The first-order valence-electron chi connectivity index (χ1n) is 6.36. The standard InChI is InChI=1S/C14H19N5/c1-3-11(10-7-5-4-6-8-10)17-13-9-12(16-2)18-14(15)19-13/h4-9,11H,3H2,1-2H3,(H4,15,16,17,18,19). The van der Waals surface area contributed by atoms with Crippen LogP contribution in [0, 0.1) is 0 Å². The molecular formula is C14H19N5. The van der Waals surface area contributed by atoms with E-state index in [2.05, 4.69) is 39.7 Å². The van der Waals surface area contributed by atoms with Gasteiger partial charge in [-0.1, -0.05) is 37.3 Å². The number of nitrogens with two attached hydrogens (primary N) is 1. The van der Waals surface area contributed by atoms with E-state index in [0.717, 1.165) is 12.2 Å². The minimum Gasteiger partial charge on any atom is -0.373 e. The van der Waals surface area contributed by atoms with Crippen LogP contribution < -0.4 is 16.4 Å². The van der Waals surface area contributed by atoms with Crippen molar-refractivity contribution in [3.05, 3.63) is 42.0 Å². The molecule has 5 heteroatoms. The topological polar surface area (TPSA) is 75.9 Å². The van der Waals surface area contributed by atoms with Crippen molar-refractivity contribution in [2.75, 3.05) is 23.4 Å². The van der Waals surface area contributed by atoms with Gasteiger partial charge in [0.15, 0.2) is 0 Å². The number of nitrogen functional groups attached to an aromatic ring is 1. The third-order valence-corrected chi connectivity index (χ3v) is 2.93. The van der Waals surface area contributed by atoms with E-state index >= 15 is 0 Å². The van der Waals surface area contributed by atoms with E-state index < -0.39 is 0 Å². The summed E-state index contributed by atoms with van der Waals surface area (Å²) in [6.07, 6.45) is 0.961. The van der Waals surface area contributed by atoms with E-state index in [1.165, 1.54) is 5.56 Å². The maximum atomic E-state index is 5.69. The quantitative estimate of drug-likeness (QED) is 0.767. The summed E-state index contributed by atoms with van der Waals surface area (Å²) in [6, 6.07) is 12.3. The summed E-state index contributed by atoms with van der Waals surface area (Å²) in [4.78, 5) is 8.28. The molecule has 19 heavy (non-hydrogen) atoms. The fraction of sp³-hybridized carbons (Fsp3) is 0.286. The molecule has 0 amide bonds. The van der Waals surface area contributed by atoms with Gasteiger partial charge in [-0.25, -0.2) is 0 Å². The number of nitrogens with zero attached hydrogens (tertiary/aromatic N) is 2. The van der Waals surface area contributed by atoms with Gasteiger partial charge in [0.05, 0.1) is 6.04 Å². The van der Waals surface area contributed by atoms with Crippen molar-refractivity contribution in [2.24, 2.45) is 0 Å². The molecule has 0 spiro atoms. The maximum absolute atomic E-state index is 5.69. The van der Waals surface area contributed by atoms with E-state index in [1.807, 2.05) is 24.3 Å². The van der Waals surface area contributed by atoms with Crippen molar-refractivity contribution in [1.82, 2.24) is 9.97 Å². The molecule has 2 rings (SSSR count). The van der Waals surface area contributed by atoms with Crippen molar-refractivity contribution in [1.29, 1.82) is 0 Å². The summed E-state index contributed by atoms with van der Waals surface area (Å²) >= 11 is 0. The van der Waals surface area contributed by atoms with E-state index in [0.29, 0.717) is 5.82 Å². The lowest BCUT2D eigenvalue weighted by molar-refractivity contribution is 0.744. The summed E-state index contributed by atoms with van der Waals surface area (Å²) in [6.45, 7) is 2.13. The second kappa shape index (κ2) is 6.04. The number of aromatic nitrogens is 2. The molecule has 1 aromatic heterocycles. The summed E-state index contributed by atoms with van der Waals surface area (Å²) in [5, 5.41) is 6.36. The molecule has 1 heterocycles. The Bertz CT molecular complexity index is 527. The van der Waals surface area contributed by atoms with Crippen LogP contribution in [0.2, 0.25) is 0 Å². The molecule has 0 fully saturated rings. The van der Waals surface area contributed by atoms with E-state index in [9.17, 15) is 0 Å². The third-order valence-electron chi connectivity index (χ3n) is 2.93. The Hall–Kier alpha value is -2.30. The normalized spacial score (nSPS) is 11.9. The highest BCUT2D eigenvalue weighted by Gasteiger charge is 2.10. The molecule has 5 nitrogen and oxygen atoms in total. The minimum absolute atomic E-state index is 0.209. The van der Waals surface area contributed by atoms with Crippen LogP contribution in [-0.2, 0) is 0 Å². The Labute approximate surface area is 113 Å². The van der Waals surface area contributed by atoms with E-state index in [-0.39, 0.29) is 12.0 Å². The SMILES string of the molecule is CCC(Nc1cc(NC)nc(N)n1)c1ccccc1. The van der Waals surface area contributed by atoms with Crippen LogP contribution in [0.4, 0.5) is 17.6 Å². The Morgan fingerprint density at radius 1 is 1.16 bits per heavy atom. The second-order valence-corrected chi connectivity index (χ2v) is 4.26. The van der Waals surface area contributed by atoms with Gasteiger partial charge in [-0.15, -0.1) is 0 Å². The first-order valence-corrected chi connectivity index (χ1v) is 6.36. The molecule has 0 aliphatic heterocycles. The Balaban J connectivity index is 2.21. The van der Waals surface area contributed by atoms with Crippen LogP contribution in [0.1, 0.15) is 24.9 Å². The summed E-state index contributed by atoms with van der Waals surface area (Å²) in [5.41, 5.74) is 6.92. The number of rotatable bonds is 5. The highest BCUT2D eigenvalue weighted by molar-refractivity contribution is 5.51. The average molecular weight is 257 g/mol. The monoisotopic (exact) mass is 257 g/mol. The number of hydrogen-bond acceptors (Lipinski definition) is 5. The molecule has 0 radical (unpaired) electrons. The van der Waals surface area contributed by atoms with Crippen molar-refractivity contribution >= 4 is 17.6 Å². The molecule has 1 atom stereocenters. The first kappa shape index (κ1) is 13.1. The van der Waals surface area contributed by atoms with Gasteiger partial charge >= 0.3 is 0 Å². The molecule has 1 aromatic carbocycles. The summed E-state index contributed by atoms with van der Waals surface area (Å²) in [5.74, 6) is 1.70. The molecule has 0 aliphatic carbocycles. The van der Waals surface area contributed by atoms with Crippen molar-refractivity contribution < 1.29 is 0 Å².